The summed E-state index contributed by atoms with van der Waals surface area (Å²) in [5.74, 6) is 0. The van der Waals surface area contributed by atoms with Crippen LogP contribution in [0.4, 0.5) is 0 Å². The lowest BCUT2D eigenvalue weighted by molar-refractivity contribution is 0.973. The molecule has 2 aromatic heterocycles. The largest absolute Gasteiger partial charge is 0.230 e. The molecule has 0 fully saturated rings. The van der Waals surface area contributed by atoms with Gasteiger partial charge in [-0.2, -0.15) is 0 Å². The molecule has 3 aromatic rings. The number of rotatable bonds is 3. The van der Waals surface area contributed by atoms with Crippen molar-refractivity contribution in [2.45, 2.75) is 9.50 Å². The predicted octanol–water partition coefficient (Wildman–Crippen LogP) is 3.89. The Morgan fingerprint density at radius 2 is 1.76 bits per heavy atom. The van der Waals surface area contributed by atoms with Crippen molar-refractivity contribution in [2.24, 2.45) is 0 Å². The lowest BCUT2D eigenvalue weighted by Crippen LogP contribution is -1.79. The Morgan fingerprint density at radius 1 is 0.941 bits per heavy atom. The molecule has 0 saturated carbocycles. The SMILES string of the molecule is c1cnc(SSc2nc3ccccc3s2)nc1. The lowest BCUT2D eigenvalue weighted by Gasteiger charge is -1.93. The summed E-state index contributed by atoms with van der Waals surface area (Å²) < 4.78 is 2.24. The molecule has 1 aromatic carbocycles. The zero-order valence-corrected chi connectivity index (χ0v) is 11.1. The second kappa shape index (κ2) is 5.03. The van der Waals surface area contributed by atoms with E-state index in [-0.39, 0.29) is 0 Å². The number of aromatic nitrogens is 3. The molecule has 3 nitrogen and oxygen atoms in total. The van der Waals surface area contributed by atoms with Crippen molar-refractivity contribution in [3.8, 4) is 0 Å². The fraction of sp³-hybridized carbons (Fsp3) is 0. The molecule has 0 spiro atoms. The van der Waals surface area contributed by atoms with Crippen molar-refractivity contribution in [1.29, 1.82) is 0 Å². The Hall–Kier alpha value is -1.11. The maximum atomic E-state index is 4.53. The van der Waals surface area contributed by atoms with E-state index in [1.807, 2.05) is 24.3 Å². The van der Waals surface area contributed by atoms with Crippen LogP contribution < -0.4 is 0 Å². The first kappa shape index (κ1) is 11.0. The summed E-state index contributed by atoms with van der Waals surface area (Å²) in [6.07, 6.45) is 3.49. The van der Waals surface area contributed by atoms with Crippen LogP contribution in [0.25, 0.3) is 10.2 Å². The summed E-state index contributed by atoms with van der Waals surface area (Å²) in [5.41, 5.74) is 1.05. The molecule has 0 radical (unpaired) electrons. The standard InChI is InChI=1S/C11H7N3S3/c1-2-5-9-8(4-1)14-11(15-9)17-16-10-12-6-3-7-13-10/h1-7H. The topological polar surface area (TPSA) is 38.7 Å². The van der Waals surface area contributed by atoms with E-state index in [9.17, 15) is 0 Å². The fourth-order valence-corrected chi connectivity index (χ4v) is 4.30. The summed E-state index contributed by atoms with van der Waals surface area (Å²) >= 11 is 1.69. The Balaban J connectivity index is 1.77. The molecule has 0 aliphatic rings. The van der Waals surface area contributed by atoms with Crippen LogP contribution in [0.2, 0.25) is 0 Å². The van der Waals surface area contributed by atoms with Crippen molar-refractivity contribution in [3.63, 3.8) is 0 Å². The highest BCUT2D eigenvalue weighted by Gasteiger charge is 2.05. The number of thiazole rings is 1. The molecule has 2 heterocycles. The summed E-state index contributed by atoms with van der Waals surface area (Å²) in [6.45, 7) is 0. The van der Waals surface area contributed by atoms with Gasteiger partial charge in [0, 0.05) is 12.4 Å². The number of para-hydroxylation sites is 1. The molecule has 0 saturated heterocycles. The van der Waals surface area contributed by atoms with Gasteiger partial charge in [0.2, 0.25) is 0 Å². The van der Waals surface area contributed by atoms with Gasteiger partial charge in [-0.25, -0.2) is 15.0 Å². The average Bonchev–Trinajstić information content (AvgIpc) is 2.80. The molecule has 0 aliphatic carbocycles. The molecule has 17 heavy (non-hydrogen) atoms. The summed E-state index contributed by atoms with van der Waals surface area (Å²) in [5, 5.41) is 0.761. The van der Waals surface area contributed by atoms with Gasteiger partial charge in [-0.05, 0) is 39.8 Å². The van der Waals surface area contributed by atoms with Gasteiger partial charge in [0.15, 0.2) is 9.50 Å². The molecular formula is C11H7N3S3. The number of hydrogen-bond acceptors (Lipinski definition) is 6. The molecule has 6 heteroatoms. The Labute approximate surface area is 110 Å². The highest BCUT2D eigenvalue weighted by atomic mass is 33.1. The van der Waals surface area contributed by atoms with E-state index in [2.05, 4.69) is 21.0 Å². The monoisotopic (exact) mass is 277 g/mol. The molecule has 0 unspecified atom stereocenters. The second-order valence-corrected chi connectivity index (χ2v) is 6.52. The van der Waals surface area contributed by atoms with E-state index < -0.39 is 0 Å². The van der Waals surface area contributed by atoms with E-state index in [1.165, 1.54) is 15.5 Å². The lowest BCUT2D eigenvalue weighted by atomic mass is 10.3. The third-order valence-electron chi connectivity index (χ3n) is 2.00. The number of benzene rings is 1. The molecule has 3 rings (SSSR count). The Morgan fingerprint density at radius 3 is 2.59 bits per heavy atom. The van der Waals surface area contributed by atoms with Gasteiger partial charge in [-0.1, -0.05) is 12.1 Å². The second-order valence-electron chi connectivity index (χ2n) is 3.15. The zero-order chi connectivity index (χ0) is 11.5. The fourth-order valence-electron chi connectivity index (χ4n) is 1.29. The van der Waals surface area contributed by atoms with Gasteiger partial charge in [0.25, 0.3) is 0 Å². The quantitative estimate of drug-likeness (QED) is 0.536. The minimum Gasteiger partial charge on any atom is -0.230 e. The number of fused-ring (bicyclic) bond motifs is 1. The molecule has 0 bridgehead atoms. The maximum Gasteiger partial charge on any atom is 0.198 e. The zero-order valence-electron chi connectivity index (χ0n) is 8.61. The van der Waals surface area contributed by atoms with Crippen LogP contribution in [0, 0.1) is 0 Å². The van der Waals surface area contributed by atoms with Gasteiger partial charge < -0.3 is 0 Å². The minimum absolute atomic E-state index is 0.761. The van der Waals surface area contributed by atoms with Crippen LogP contribution >= 0.6 is 32.9 Å². The van der Waals surface area contributed by atoms with Crippen molar-refractivity contribution in [3.05, 3.63) is 42.7 Å². The van der Waals surface area contributed by atoms with Crippen molar-refractivity contribution >= 4 is 43.1 Å². The third-order valence-corrected chi connectivity index (χ3v) is 5.50. The molecular weight excluding hydrogens is 270 g/mol. The van der Waals surface area contributed by atoms with Crippen molar-refractivity contribution < 1.29 is 0 Å². The minimum atomic E-state index is 0.761. The van der Waals surface area contributed by atoms with Crippen LogP contribution in [0.5, 0.6) is 0 Å². The van der Waals surface area contributed by atoms with Gasteiger partial charge in [0.1, 0.15) is 0 Å². The normalized spacial score (nSPS) is 10.8. The van der Waals surface area contributed by atoms with Gasteiger partial charge in [-0.3, -0.25) is 0 Å². The Kier molecular flexibility index (Phi) is 3.26. The van der Waals surface area contributed by atoms with Gasteiger partial charge >= 0.3 is 0 Å². The van der Waals surface area contributed by atoms with Crippen molar-refractivity contribution in [1.82, 2.24) is 15.0 Å². The number of hydrogen-bond donors (Lipinski definition) is 0. The van der Waals surface area contributed by atoms with Crippen LogP contribution in [0.1, 0.15) is 0 Å². The van der Waals surface area contributed by atoms with Gasteiger partial charge in [-0.15, -0.1) is 11.3 Å². The Bertz CT molecular complexity index is 591. The van der Waals surface area contributed by atoms with E-state index in [0.717, 1.165) is 15.0 Å². The molecule has 0 aliphatic heterocycles. The summed E-state index contributed by atoms with van der Waals surface area (Å²) in [6, 6.07) is 9.96. The first-order valence-electron chi connectivity index (χ1n) is 4.89. The smallest absolute Gasteiger partial charge is 0.198 e. The van der Waals surface area contributed by atoms with E-state index in [0.29, 0.717) is 0 Å². The number of nitrogens with zero attached hydrogens (tertiary/aromatic N) is 3. The molecule has 0 atom stereocenters. The van der Waals surface area contributed by atoms with E-state index >= 15 is 0 Å². The summed E-state index contributed by atoms with van der Waals surface area (Å²) in [7, 11) is 3.13. The van der Waals surface area contributed by atoms with Crippen LogP contribution in [0.3, 0.4) is 0 Å². The van der Waals surface area contributed by atoms with Crippen LogP contribution in [0.15, 0.2) is 52.2 Å². The van der Waals surface area contributed by atoms with Gasteiger partial charge in [0.05, 0.1) is 10.2 Å². The van der Waals surface area contributed by atoms with Crippen molar-refractivity contribution in [2.75, 3.05) is 0 Å². The van der Waals surface area contributed by atoms with Crippen LogP contribution in [-0.4, -0.2) is 15.0 Å². The molecule has 0 amide bonds. The molecule has 0 N–H and O–H groups in total. The first-order chi connectivity index (χ1) is 8.42. The van der Waals surface area contributed by atoms with E-state index in [1.54, 1.807) is 34.5 Å². The van der Waals surface area contributed by atoms with E-state index in [4.69, 9.17) is 0 Å². The third kappa shape index (κ3) is 2.59. The molecule has 84 valence electrons. The summed E-state index contributed by atoms with van der Waals surface area (Å²) in [4.78, 5) is 12.8. The maximum absolute atomic E-state index is 4.53. The highest BCUT2D eigenvalue weighted by molar-refractivity contribution is 8.77. The highest BCUT2D eigenvalue weighted by Crippen LogP contribution is 2.39. The van der Waals surface area contributed by atoms with Crippen LogP contribution in [-0.2, 0) is 0 Å². The first-order valence-corrected chi connectivity index (χ1v) is 7.85. The average molecular weight is 277 g/mol. The predicted molar refractivity (Wildman–Crippen MR) is 73.4 cm³/mol.